The summed E-state index contributed by atoms with van der Waals surface area (Å²) in [4.78, 5) is 17.1. The van der Waals surface area contributed by atoms with Gasteiger partial charge in [0, 0.05) is 12.6 Å². The van der Waals surface area contributed by atoms with Crippen LogP contribution in [0.2, 0.25) is 5.02 Å². The molecule has 0 saturated heterocycles. The monoisotopic (exact) mass is 410 g/mol. The lowest BCUT2D eigenvalue weighted by molar-refractivity contribution is -0.0258. The van der Waals surface area contributed by atoms with Crippen LogP contribution >= 0.6 is 11.6 Å². The first-order valence-electron chi connectivity index (χ1n) is 8.43. The molecule has 1 atom stereocenters. The number of rotatable bonds is 7. The summed E-state index contributed by atoms with van der Waals surface area (Å²) < 4.78 is 25.6. The van der Waals surface area contributed by atoms with Gasteiger partial charge in [0.25, 0.3) is 15.9 Å². The SMILES string of the molecule is CCc1ccc(C(C)NC(=O)c2ccc(Cl)c(S(=O)(=O)N(C)OC)c2)cc1. The van der Waals surface area contributed by atoms with Crippen LogP contribution in [0.5, 0.6) is 0 Å². The Morgan fingerprint density at radius 1 is 1.22 bits per heavy atom. The normalized spacial score (nSPS) is 12.8. The van der Waals surface area contributed by atoms with Gasteiger partial charge in [-0.15, -0.1) is 0 Å². The Morgan fingerprint density at radius 2 is 1.85 bits per heavy atom. The standard InChI is InChI=1S/C19H23ClN2O4S/c1-5-14-6-8-15(9-7-14)13(2)21-19(23)16-10-11-17(20)18(12-16)27(24,25)22(3)26-4/h6-13H,5H2,1-4H3,(H,21,23). The van der Waals surface area contributed by atoms with E-state index in [1.54, 1.807) is 0 Å². The average Bonchev–Trinajstić information content (AvgIpc) is 2.67. The molecule has 0 saturated carbocycles. The van der Waals surface area contributed by atoms with Crippen LogP contribution < -0.4 is 5.32 Å². The van der Waals surface area contributed by atoms with Gasteiger partial charge in [-0.05, 0) is 42.7 Å². The van der Waals surface area contributed by atoms with Crippen LogP contribution in [-0.4, -0.2) is 33.0 Å². The number of benzene rings is 2. The van der Waals surface area contributed by atoms with E-state index >= 15 is 0 Å². The molecule has 1 amide bonds. The van der Waals surface area contributed by atoms with Crippen molar-refractivity contribution in [2.24, 2.45) is 0 Å². The summed E-state index contributed by atoms with van der Waals surface area (Å²) in [6.45, 7) is 3.94. The molecule has 0 aromatic heterocycles. The molecule has 8 heteroatoms. The predicted molar refractivity (Wildman–Crippen MR) is 105 cm³/mol. The molecule has 1 N–H and O–H groups in total. The Morgan fingerprint density at radius 3 is 2.41 bits per heavy atom. The van der Waals surface area contributed by atoms with Gasteiger partial charge < -0.3 is 5.32 Å². The molecule has 0 radical (unpaired) electrons. The molecule has 146 valence electrons. The zero-order chi connectivity index (χ0) is 20.2. The van der Waals surface area contributed by atoms with Gasteiger partial charge in [0.15, 0.2) is 0 Å². The fraction of sp³-hybridized carbons (Fsp3) is 0.316. The molecule has 0 fully saturated rings. The summed E-state index contributed by atoms with van der Waals surface area (Å²) in [6.07, 6.45) is 0.943. The maximum atomic E-state index is 12.6. The second-order valence-corrected chi connectivity index (χ2v) is 8.34. The highest BCUT2D eigenvalue weighted by molar-refractivity contribution is 7.89. The van der Waals surface area contributed by atoms with Crippen molar-refractivity contribution in [3.05, 3.63) is 64.2 Å². The second-order valence-electron chi connectivity index (χ2n) is 6.03. The Balaban J connectivity index is 2.25. The van der Waals surface area contributed by atoms with E-state index < -0.39 is 15.9 Å². The molecule has 27 heavy (non-hydrogen) atoms. The molecule has 0 aliphatic carbocycles. The molecule has 2 aromatic carbocycles. The fourth-order valence-electron chi connectivity index (χ4n) is 2.48. The number of nitrogens with one attached hydrogen (secondary N) is 1. The van der Waals surface area contributed by atoms with E-state index in [1.807, 2.05) is 31.2 Å². The molecule has 2 aromatic rings. The number of hydroxylamine groups is 1. The minimum atomic E-state index is -3.96. The first-order valence-corrected chi connectivity index (χ1v) is 10.2. The highest BCUT2D eigenvalue weighted by Crippen LogP contribution is 2.26. The van der Waals surface area contributed by atoms with Crippen molar-refractivity contribution in [2.75, 3.05) is 14.2 Å². The number of nitrogens with zero attached hydrogens (tertiary/aromatic N) is 1. The highest BCUT2D eigenvalue weighted by atomic mass is 35.5. The Hall–Kier alpha value is -1.93. The minimum Gasteiger partial charge on any atom is -0.346 e. The third kappa shape index (κ3) is 4.87. The van der Waals surface area contributed by atoms with Crippen molar-refractivity contribution in [3.8, 4) is 0 Å². The van der Waals surface area contributed by atoms with Gasteiger partial charge in [0.05, 0.1) is 18.2 Å². The van der Waals surface area contributed by atoms with E-state index in [9.17, 15) is 13.2 Å². The number of hydrogen-bond donors (Lipinski definition) is 1. The third-order valence-electron chi connectivity index (χ3n) is 4.30. The van der Waals surface area contributed by atoms with Crippen LogP contribution in [0, 0.1) is 0 Å². The van der Waals surface area contributed by atoms with Crippen molar-refractivity contribution < 1.29 is 18.0 Å². The molecule has 0 spiro atoms. The number of halogens is 1. The van der Waals surface area contributed by atoms with Gasteiger partial charge in [-0.3, -0.25) is 9.63 Å². The first kappa shape index (κ1) is 21.4. The molecule has 2 rings (SSSR count). The van der Waals surface area contributed by atoms with Crippen molar-refractivity contribution >= 4 is 27.5 Å². The number of carbonyl (C=O) groups is 1. The molecule has 6 nitrogen and oxygen atoms in total. The number of amides is 1. The summed E-state index contributed by atoms with van der Waals surface area (Å²) in [7, 11) is -1.48. The molecule has 0 heterocycles. The maximum Gasteiger partial charge on any atom is 0.266 e. The number of sulfonamides is 1. The zero-order valence-electron chi connectivity index (χ0n) is 15.7. The topological polar surface area (TPSA) is 75.7 Å². The van der Waals surface area contributed by atoms with Gasteiger partial charge in [0.1, 0.15) is 4.90 Å². The van der Waals surface area contributed by atoms with Crippen LogP contribution in [0.4, 0.5) is 0 Å². The van der Waals surface area contributed by atoms with Crippen LogP contribution in [-0.2, 0) is 21.3 Å². The van der Waals surface area contributed by atoms with Gasteiger partial charge >= 0.3 is 0 Å². The Bertz CT molecular complexity index is 914. The summed E-state index contributed by atoms with van der Waals surface area (Å²) in [5.74, 6) is -0.393. The lowest BCUT2D eigenvalue weighted by Gasteiger charge is -2.17. The number of hydrogen-bond acceptors (Lipinski definition) is 4. The Labute approximate surface area is 165 Å². The average molecular weight is 411 g/mol. The van der Waals surface area contributed by atoms with Crippen LogP contribution in [0.1, 0.15) is 41.4 Å². The fourth-order valence-corrected chi connectivity index (χ4v) is 3.96. The summed E-state index contributed by atoms with van der Waals surface area (Å²) in [5.41, 5.74) is 2.37. The largest absolute Gasteiger partial charge is 0.346 e. The van der Waals surface area contributed by atoms with E-state index in [1.165, 1.54) is 37.9 Å². The molecule has 0 bridgehead atoms. The second kappa shape index (κ2) is 8.84. The summed E-state index contributed by atoms with van der Waals surface area (Å²) >= 11 is 6.02. The van der Waals surface area contributed by atoms with Gasteiger partial charge in [0.2, 0.25) is 0 Å². The van der Waals surface area contributed by atoms with E-state index in [-0.39, 0.29) is 21.5 Å². The Kier molecular flexibility index (Phi) is 7.00. The van der Waals surface area contributed by atoms with Gasteiger partial charge in [-0.1, -0.05) is 47.3 Å². The molecular formula is C19H23ClN2O4S. The maximum absolute atomic E-state index is 12.6. The number of aryl methyl sites for hydroxylation is 1. The van der Waals surface area contributed by atoms with Gasteiger partial charge in [-0.25, -0.2) is 8.42 Å². The van der Waals surface area contributed by atoms with Crippen molar-refractivity contribution in [2.45, 2.75) is 31.2 Å². The molecular weight excluding hydrogens is 388 g/mol. The van der Waals surface area contributed by atoms with Crippen LogP contribution in [0.15, 0.2) is 47.4 Å². The number of carbonyl (C=O) groups excluding carboxylic acids is 1. The van der Waals surface area contributed by atoms with E-state index in [0.29, 0.717) is 4.47 Å². The smallest absolute Gasteiger partial charge is 0.266 e. The molecule has 0 aliphatic rings. The van der Waals surface area contributed by atoms with Crippen molar-refractivity contribution in [1.82, 2.24) is 9.79 Å². The van der Waals surface area contributed by atoms with E-state index in [0.717, 1.165) is 12.0 Å². The van der Waals surface area contributed by atoms with Crippen LogP contribution in [0.3, 0.4) is 0 Å². The van der Waals surface area contributed by atoms with E-state index in [2.05, 4.69) is 12.2 Å². The van der Waals surface area contributed by atoms with Crippen molar-refractivity contribution in [3.63, 3.8) is 0 Å². The van der Waals surface area contributed by atoms with Gasteiger partial charge in [-0.2, -0.15) is 0 Å². The molecule has 1 unspecified atom stereocenters. The summed E-state index contributed by atoms with van der Waals surface area (Å²) in [5, 5.41) is 2.88. The molecule has 0 aliphatic heterocycles. The predicted octanol–water partition coefficient (Wildman–Crippen LogP) is 3.58. The minimum absolute atomic E-state index is 0.0126. The quantitative estimate of drug-likeness (QED) is 0.708. The lowest BCUT2D eigenvalue weighted by atomic mass is 10.0. The first-order chi connectivity index (χ1) is 12.7. The van der Waals surface area contributed by atoms with Crippen LogP contribution in [0.25, 0.3) is 0 Å². The van der Waals surface area contributed by atoms with Crippen molar-refractivity contribution in [1.29, 1.82) is 0 Å². The summed E-state index contributed by atoms with van der Waals surface area (Å²) in [6, 6.07) is 11.8. The third-order valence-corrected chi connectivity index (χ3v) is 6.46. The highest BCUT2D eigenvalue weighted by Gasteiger charge is 2.25. The van der Waals surface area contributed by atoms with E-state index in [4.69, 9.17) is 16.4 Å². The zero-order valence-corrected chi connectivity index (χ0v) is 17.3. The lowest BCUT2D eigenvalue weighted by Crippen LogP contribution is -2.28.